The summed E-state index contributed by atoms with van der Waals surface area (Å²) in [7, 11) is 0. The maximum absolute atomic E-state index is 8.62. The summed E-state index contributed by atoms with van der Waals surface area (Å²) in [5.41, 5.74) is 4.93. The molecule has 3 heteroatoms. The number of aliphatic hydroxyl groups excluding tert-OH is 1. The van der Waals surface area contributed by atoms with Crippen molar-refractivity contribution in [3.63, 3.8) is 0 Å². The standard InChI is InChI=1S/C5H11NO2/c6-3-5(1-2-5)4(7)8/h4,7-8H,1-3,6H2. The van der Waals surface area contributed by atoms with Gasteiger partial charge in [0.25, 0.3) is 0 Å². The Kier molecular flexibility index (Phi) is 1.27. The van der Waals surface area contributed by atoms with Gasteiger partial charge in [0.15, 0.2) is 6.29 Å². The van der Waals surface area contributed by atoms with E-state index in [2.05, 4.69) is 0 Å². The van der Waals surface area contributed by atoms with Crippen molar-refractivity contribution in [2.45, 2.75) is 19.1 Å². The summed E-state index contributed by atoms with van der Waals surface area (Å²) in [4.78, 5) is 0. The zero-order valence-corrected chi connectivity index (χ0v) is 4.67. The van der Waals surface area contributed by atoms with Crippen molar-refractivity contribution < 1.29 is 10.2 Å². The lowest BCUT2D eigenvalue weighted by atomic mass is 10.1. The van der Waals surface area contributed by atoms with Gasteiger partial charge in [-0.2, -0.15) is 0 Å². The first kappa shape index (κ1) is 6.01. The molecule has 0 amide bonds. The molecule has 3 nitrogen and oxygen atoms in total. The molecule has 0 spiro atoms. The summed E-state index contributed by atoms with van der Waals surface area (Å²) in [6.07, 6.45) is 0.523. The van der Waals surface area contributed by atoms with E-state index in [4.69, 9.17) is 15.9 Å². The van der Waals surface area contributed by atoms with E-state index in [0.29, 0.717) is 6.54 Å². The molecule has 0 heterocycles. The van der Waals surface area contributed by atoms with Crippen molar-refractivity contribution in [1.29, 1.82) is 0 Å². The van der Waals surface area contributed by atoms with E-state index in [1.165, 1.54) is 0 Å². The van der Waals surface area contributed by atoms with E-state index in [0.717, 1.165) is 12.8 Å². The van der Waals surface area contributed by atoms with Crippen LogP contribution < -0.4 is 5.73 Å². The van der Waals surface area contributed by atoms with E-state index in [1.54, 1.807) is 0 Å². The Hall–Kier alpha value is -0.120. The van der Waals surface area contributed by atoms with Gasteiger partial charge in [-0.05, 0) is 12.8 Å². The summed E-state index contributed by atoms with van der Waals surface area (Å²) in [6.45, 7) is 0.394. The van der Waals surface area contributed by atoms with Crippen LogP contribution in [0.25, 0.3) is 0 Å². The normalized spacial score (nSPS) is 24.0. The van der Waals surface area contributed by atoms with Crippen LogP contribution >= 0.6 is 0 Å². The van der Waals surface area contributed by atoms with Crippen molar-refractivity contribution in [1.82, 2.24) is 0 Å². The Morgan fingerprint density at radius 3 is 2.00 bits per heavy atom. The second-order valence-corrected chi connectivity index (χ2v) is 2.44. The SMILES string of the molecule is NCC1(C(O)O)CC1. The molecule has 1 aliphatic carbocycles. The van der Waals surface area contributed by atoms with Gasteiger partial charge in [-0.25, -0.2) is 0 Å². The Balaban J connectivity index is 2.41. The number of aliphatic hydroxyl groups is 2. The summed E-state index contributed by atoms with van der Waals surface area (Å²) in [5, 5.41) is 17.2. The molecule has 0 unspecified atom stereocenters. The van der Waals surface area contributed by atoms with Crippen LogP contribution in [0.3, 0.4) is 0 Å². The number of hydrogen-bond donors (Lipinski definition) is 3. The van der Waals surface area contributed by atoms with E-state index in [1.807, 2.05) is 0 Å². The van der Waals surface area contributed by atoms with Gasteiger partial charge in [0.05, 0.1) is 0 Å². The predicted octanol–water partition coefficient (Wildman–Crippen LogP) is -0.964. The molecule has 1 rings (SSSR count). The van der Waals surface area contributed by atoms with Crippen LogP contribution in [0.5, 0.6) is 0 Å². The molecule has 48 valence electrons. The van der Waals surface area contributed by atoms with Crippen LogP contribution in [0.1, 0.15) is 12.8 Å². The highest BCUT2D eigenvalue weighted by Crippen LogP contribution is 2.46. The first-order chi connectivity index (χ1) is 3.71. The third kappa shape index (κ3) is 0.727. The average Bonchev–Trinajstić information content (AvgIpc) is 2.44. The van der Waals surface area contributed by atoms with Crippen molar-refractivity contribution in [2.75, 3.05) is 6.54 Å². The Labute approximate surface area is 48.1 Å². The maximum atomic E-state index is 8.62. The highest BCUT2D eigenvalue weighted by Gasteiger charge is 2.47. The van der Waals surface area contributed by atoms with Crippen LogP contribution in [0.4, 0.5) is 0 Å². The minimum atomic E-state index is -1.20. The van der Waals surface area contributed by atoms with E-state index in [9.17, 15) is 0 Å². The monoisotopic (exact) mass is 117 g/mol. The average molecular weight is 117 g/mol. The second-order valence-electron chi connectivity index (χ2n) is 2.44. The van der Waals surface area contributed by atoms with Gasteiger partial charge < -0.3 is 15.9 Å². The minimum Gasteiger partial charge on any atom is -0.368 e. The molecule has 0 radical (unpaired) electrons. The summed E-state index contributed by atoms with van der Waals surface area (Å²) in [5.74, 6) is 0. The zero-order chi connectivity index (χ0) is 6.20. The van der Waals surface area contributed by atoms with Gasteiger partial charge in [0.1, 0.15) is 0 Å². The highest BCUT2D eigenvalue weighted by molar-refractivity contribution is 4.95. The maximum Gasteiger partial charge on any atom is 0.158 e. The fourth-order valence-electron chi connectivity index (χ4n) is 0.728. The molecular weight excluding hydrogens is 106 g/mol. The van der Waals surface area contributed by atoms with Crippen LogP contribution in [-0.2, 0) is 0 Å². The molecule has 0 atom stereocenters. The Bertz CT molecular complexity index is 88.4. The lowest BCUT2D eigenvalue weighted by Crippen LogP contribution is -2.28. The predicted molar refractivity (Wildman–Crippen MR) is 28.9 cm³/mol. The molecule has 0 aromatic rings. The molecule has 0 aromatic carbocycles. The van der Waals surface area contributed by atoms with Crippen LogP contribution in [0, 0.1) is 5.41 Å². The van der Waals surface area contributed by atoms with Crippen LogP contribution in [0.2, 0.25) is 0 Å². The van der Waals surface area contributed by atoms with Crippen molar-refractivity contribution in [3.05, 3.63) is 0 Å². The van der Waals surface area contributed by atoms with Gasteiger partial charge in [0, 0.05) is 12.0 Å². The number of nitrogens with two attached hydrogens (primary N) is 1. The number of rotatable bonds is 2. The van der Waals surface area contributed by atoms with Crippen molar-refractivity contribution in [3.8, 4) is 0 Å². The molecule has 1 aliphatic rings. The lowest BCUT2D eigenvalue weighted by molar-refractivity contribution is -0.0919. The van der Waals surface area contributed by atoms with E-state index < -0.39 is 6.29 Å². The first-order valence-corrected chi connectivity index (χ1v) is 2.77. The quantitative estimate of drug-likeness (QED) is 0.408. The van der Waals surface area contributed by atoms with Gasteiger partial charge in [-0.3, -0.25) is 0 Å². The minimum absolute atomic E-state index is 0.319. The third-order valence-corrected chi connectivity index (χ3v) is 1.85. The smallest absolute Gasteiger partial charge is 0.158 e. The van der Waals surface area contributed by atoms with E-state index >= 15 is 0 Å². The molecule has 8 heavy (non-hydrogen) atoms. The summed E-state index contributed by atoms with van der Waals surface area (Å²) >= 11 is 0. The topological polar surface area (TPSA) is 66.5 Å². The fourth-order valence-corrected chi connectivity index (χ4v) is 0.728. The molecule has 0 bridgehead atoms. The number of hydrogen-bond acceptors (Lipinski definition) is 3. The molecular formula is C5H11NO2. The van der Waals surface area contributed by atoms with Crippen LogP contribution in [0.15, 0.2) is 0 Å². The molecule has 0 saturated heterocycles. The van der Waals surface area contributed by atoms with Gasteiger partial charge in [-0.15, -0.1) is 0 Å². The van der Waals surface area contributed by atoms with Crippen molar-refractivity contribution in [2.24, 2.45) is 11.1 Å². The first-order valence-electron chi connectivity index (χ1n) is 2.77. The van der Waals surface area contributed by atoms with Gasteiger partial charge >= 0.3 is 0 Å². The highest BCUT2D eigenvalue weighted by atomic mass is 16.5. The Morgan fingerprint density at radius 1 is 1.50 bits per heavy atom. The molecule has 4 N–H and O–H groups in total. The lowest BCUT2D eigenvalue weighted by Gasteiger charge is -2.12. The Morgan fingerprint density at radius 2 is 2.00 bits per heavy atom. The fraction of sp³-hybridized carbons (Fsp3) is 1.00. The van der Waals surface area contributed by atoms with Crippen LogP contribution in [-0.4, -0.2) is 23.0 Å². The largest absolute Gasteiger partial charge is 0.368 e. The van der Waals surface area contributed by atoms with Crippen molar-refractivity contribution >= 4 is 0 Å². The van der Waals surface area contributed by atoms with Gasteiger partial charge in [0.2, 0.25) is 0 Å². The van der Waals surface area contributed by atoms with E-state index in [-0.39, 0.29) is 5.41 Å². The summed E-state index contributed by atoms with van der Waals surface area (Å²) in [6, 6.07) is 0. The zero-order valence-electron chi connectivity index (χ0n) is 4.67. The third-order valence-electron chi connectivity index (χ3n) is 1.85. The summed E-state index contributed by atoms with van der Waals surface area (Å²) < 4.78 is 0. The second kappa shape index (κ2) is 1.69. The molecule has 1 saturated carbocycles. The molecule has 0 aliphatic heterocycles. The molecule has 1 fully saturated rings. The molecule has 0 aromatic heterocycles. The van der Waals surface area contributed by atoms with Gasteiger partial charge in [-0.1, -0.05) is 0 Å².